The number of halogens is 6. The van der Waals surface area contributed by atoms with Crippen molar-refractivity contribution in [2.75, 3.05) is 10.6 Å². The topological polar surface area (TPSA) is 120 Å². The molecule has 2 amide bonds. The lowest BCUT2D eigenvalue weighted by Crippen LogP contribution is -2.53. The molecule has 0 bridgehead atoms. The van der Waals surface area contributed by atoms with Crippen LogP contribution < -0.4 is 16.0 Å². The maximum Gasteiger partial charge on any atom is 0.310 e. The molecule has 1 aromatic heterocycles. The molecule has 4 N–H and O–H groups in total. The molecule has 4 unspecified atom stereocenters. The van der Waals surface area contributed by atoms with Crippen LogP contribution in [0.25, 0.3) is 0 Å². The molecule has 8 nitrogen and oxygen atoms in total. The van der Waals surface area contributed by atoms with Gasteiger partial charge >= 0.3 is 5.97 Å². The van der Waals surface area contributed by atoms with E-state index in [4.69, 9.17) is 46.4 Å². The van der Waals surface area contributed by atoms with Crippen molar-refractivity contribution in [3.05, 3.63) is 86.1 Å². The van der Waals surface area contributed by atoms with Crippen LogP contribution in [0, 0.1) is 11.8 Å². The van der Waals surface area contributed by atoms with Gasteiger partial charge in [0.25, 0.3) is 5.92 Å². The lowest BCUT2D eigenvalue weighted by molar-refractivity contribution is -0.151. The van der Waals surface area contributed by atoms with Gasteiger partial charge in [-0.25, -0.2) is 0 Å². The summed E-state index contributed by atoms with van der Waals surface area (Å²) in [7, 11) is 0. The number of fused-ring (bicyclic) bond motifs is 2. The Balaban J connectivity index is 1.71. The predicted molar refractivity (Wildman–Crippen MR) is 142 cm³/mol. The normalized spacial score (nSPS) is 23.9. The average molecular weight is 616 g/mol. The number of nitrogens with one attached hydrogen (secondary N) is 3. The van der Waals surface area contributed by atoms with E-state index in [0.29, 0.717) is 0 Å². The first kappa shape index (κ1) is 27.5. The molecule has 14 heteroatoms. The van der Waals surface area contributed by atoms with Crippen LogP contribution in [0.2, 0.25) is 20.1 Å². The summed E-state index contributed by atoms with van der Waals surface area (Å²) in [6, 6.07) is 6.45. The van der Waals surface area contributed by atoms with Crippen molar-refractivity contribution in [1.29, 1.82) is 0 Å². The maximum absolute atomic E-state index is 16.2. The van der Waals surface area contributed by atoms with Crippen molar-refractivity contribution in [1.82, 2.24) is 10.3 Å². The maximum atomic E-state index is 16.2. The highest BCUT2D eigenvalue weighted by molar-refractivity contribution is 6.38. The average Bonchev–Trinajstić information content (AvgIpc) is 3.36. The van der Waals surface area contributed by atoms with Gasteiger partial charge in [-0.1, -0.05) is 46.4 Å². The Morgan fingerprint density at radius 2 is 1.62 bits per heavy atom. The molecule has 2 aliphatic rings. The van der Waals surface area contributed by atoms with Crippen molar-refractivity contribution in [3.8, 4) is 0 Å². The third-order valence-electron chi connectivity index (χ3n) is 6.80. The standard InChI is InChI=1S/C25H16Cl4F2N4O4/c26-11-5-12(27)7-14(6-11)33-21(36)17-18(22(37)38)24(15-8-13(28)9-16(29)19(15)34-23(24)39)35-20(17)25(30,31)10-1-3-32-4-2-10/h1-9,17-18,20,35H,(H,33,36)(H,34,39)(H,37,38). The molecular formula is C25H16Cl4F2N4O4. The van der Waals surface area contributed by atoms with Crippen LogP contribution >= 0.6 is 46.4 Å². The summed E-state index contributed by atoms with van der Waals surface area (Å²) in [5.41, 5.74) is -2.92. The summed E-state index contributed by atoms with van der Waals surface area (Å²) < 4.78 is 32.4. The monoisotopic (exact) mass is 614 g/mol. The van der Waals surface area contributed by atoms with Crippen LogP contribution in [0.5, 0.6) is 0 Å². The zero-order chi connectivity index (χ0) is 28.3. The summed E-state index contributed by atoms with van der Waals surface area (Å²) in [6.07, 6.45) is 2.26. The van der Waals surface area contributed by atoms with Gasteiger partial charge in [0.1, 0.15) is 11.5 Å². The summed E-state index contributed by atoms with van der Waals surface area (Å²) in [5.74, 6) is -11.7. The van der Waals surface area contributed by atoms with E-state index >= 15 is 8.78 Å². The zero-order valence-electron chi connectivity index (χ0n) is 19.3. The summed E-state index contributed by atoms with van der Waals surface area (Å²) >= 11 is 24.4. The Bertz CT molecular complexity index is 1510. The number of anilines is 2. The Morgan fingerprint density at radius 3 is 2.23 bits per heavy atom. The number of hydrogen-bond donors (Lipinski definition) is 4. The predicted octanol–water partition coefficient (Wildman–Crippen LogP) is 5.56. The molecule has 3 aromatic rings. The fraction of sp³-hybridized carbons (Fsp3) is 0.200. The number of aromatic nitrogens is 1. The lowest BCUT2D eigenvalue weighted by atomic mass is 9.74. The second-order valence-corrected chi connectivity index (χ2v) is 10.8. The largest absolute Gasteiger partial charge is 0.481 e. The number of rotatable bonds is 5. The van der Waals surface area contributed by atoms with Crippen molar-refractivity contribution >= 4 is 75.6 Å². The number of nitrogens with zero attached hydrogens (tertiary/aromatic N) is 1. The number of benzene rings is 2. The van der Waals surface area contributed by atoms with Crippen LogP contribution in [0.3, 0.4) is 0 Å². The minimum absolute atomic E-state index is 0.00141. The van der Waals surface area contributed by atoms with Crippen molar-refractivity contribution in [3.63, 3.8) is 0 Å². The molecule has 2 aliphatic heterocycles. The number of hydrogen-bond acceptors (Lipinski definition) is 5. The van der Waals surface area contributed by atoms with Gasteiger partial charge in [-0.05, 0) is 42.5 Å². The smallest absolute Gasteiger partial charge is 0.310 e. The van der Waals surface area contributed by atoms with E-state index in [0.717, 1.165) is 24.5 Å². The number of pyridine rings is 1. The Hall–Kier alpha value is -3.02. The van der Waals surface area contributed by atoms with Crippen molar-refractivity contribution < 1.29 is 28.3 Å². The third-order valence-corrected chi connectivity index (χ3v) is 7.75. The third kappa shape index (κ3) is 4.50. The number of carboxylic acids is 1. The zero-order valence-corrected chi connectivity index (χ0v) is 22.3. The highest BCUT2D eigenvalue weighted by Crippen LogP contribution is 2.55. The molecule has 0 saturated carbocycles. The number of aliphatic carboxylic acids is 1. The van der Waals surface area contributed by atoms with E-state index in [-0.39, 0.29) is 37.0 Å². The molecule has 5 rings (SSSR count). The first-order valence-electron chi connectivity index (χ1n) is 11.2. The molecule has 4 atom stereocenters. The van der Waals surface area contributed by atoms with Crippen LogP contribution in [0.1, 0.15) is 11.1 Å². The highest BCUT2D eigenvalue weighted by Gasteiger charge is 2.71. The number of alkyl halides is 2. The lowest BCUT2D eigenvalue weighted by Gasteiger charge is -2.29. The van der Waals surface area contributed by atoms with Crippen LogP contribution in [0.15, 0.2) is 54.9 Å². The summed E-state index contributed by atoms with van der Waals surface area (Å²) in [4.78, 5) is 43.8. The number of amides is 2. The number of carbonyl (C=O) groups excluding carboxylic acids is 2. The van der Waals surface area contributed by atoms with Gasteiger partial charge in [-0.15, -0.1) is 0 Å². The number of carbonyl (C=O) groups is 3. The van der Waals surface area contributed by atoms with Crippen LogP contribution in [-0.4, -0.2) is 33.9 Å². The number of carboxylic acid groups (broad SMARTS) is 1. The SMILES string of the molecule is O=C(Nc1cc(Cl)cc(Cl)c1)C1C(C(F)(F)c2ccncc2)NC2(C(=O)Nc3c(Cl)cc(Cl)cc32)C1C(=O)O. The second kappa shape index (κ2) is 9.87. The Morgan fingerprint density at radius 1 is 1.00 bits per heavy atom. The summed E-state index contributed by atoms with van der Waals surface area (Å²) in [6.45, 7) is 0. The molecule has 202 valence electrons. The highest BCUT2D eigenvalue weighted by atomic mass is 35.5. The first-order valence-corrected chi connectivity index (χ1v) is 12.7. The van der Waals surface area contributed by atoms with E-state index in [1.54, 1.807) is 0 Å². The van der Waals surface area contributed by atoms with E-state index in [2.05, 4.69) is 20.9 Å². The minimum Gasteiger partial charge on any atom is -0.481 e. The van der Waals surface area contributed by atoms with Crippen molar-refractivity contribution in [2.45, 2.75) is 17.5 Å². The summed E-state index contributed by atoms with van der Waals surface area (Å²) in [5, 5.41) is 18.1. The van der Waals surface area contributed by atoms with E-state index in [1.165, 1.54) is 30.3 Å². The van der Waals surface area contributed by atoms with E-state index in [1.807, 2.05) is 0 Å². The molecule has 0 aliphatic carbocycles. The van der Waals surface area contributed by atoms with Gasteiger partial charge in [0.2, 0.25) is 11.8 Å². The van der Waals surface area contributed by atoms with Gasteiger partial charge in [0.15, 0.2) is 0 Å². The molecular weight excluding hydrogens is 600 g/mol. The van der Waals surface area contributed by atoms with Gasteiger partial charge in [0, 0.05) is 44.3 Å². The van der Waals surface area contributed by atoms with Crippen LogP contribution in [-0.2, 0) is 25.8 Å². The van der Waals surface area contributed by atoms with E-state index < -0.39 is 52.7 Å². The van der Waals surface area contributed by atoms with Gasteiger partial charge in [-0.2, -0.15) is 8.78 Å². The molecule has 0 radical (unpaired) electrons. The van der Waals surface area contributed by atoms with Crippen molar-refractivity contribution in [2.24, 2.45) is 11.8 Å². The van der Waals surface area contributed by atoms with Crippen LogP contribution in [0.4, 0.5) is 20.2 Å². The molecule has 3 heterocycles. The minimum atomic E-state index is -3.86. The fourth-order valence-corrected chi connectivity index (χ4v) is 6.31. The van der Waals surface area contributed by atoms with Gasteiger partial charge < -0.3 is 15.7 Å². The fourth-order valence-electron chi connectivity index (χ4n) is 5.25. The molecule has 1 saturated heterocycles. The Labute approximate surface area is 239 Å². The molecule has 1 fully saturated rings. The molecule has 39 heavy (non-hydrogen) atoms. The molecule has 2 aromatic carbocycles. The molecule has 1 spiro atoms. The van der Waals surface area contributed by atoms with Gasteiger partial charge in [-0.3, -0.25) is 24.7 Å². The quantitative estimate of drug-likeness (QED) is 0.298. The Kier molecular flexibility index (Phi) is 6.97. The van der Waals surface area contributed by atoms with Gasteiger partial charge in [0.05, 0.1) is 22.7 Å². The second-order valence-electron chi connectivity index (χ2n) is 9.04. The van der Waals surface area contributed by atoms with E-state index in [9.17, 15) is 19.5 Å². The first-order chi connectivity index (χ1) is 18.4.